The van der Waals surface area contributed by atoms with Crippen LogP contribution in [0.3, 0.4) is 0 Å². The summed E-state index contributed by atoms with van der Waals surface area (Å²) < 4.78 is 1.93. The summed E-state index contributed by atoms with van der Waals surface area (Å²) in [6, 6.07) is 15.0. The Morgan fingerprint density at radius 2 is 1.97 bits per heavy atom. The molecule has 2 aromatic carbocycles. The second-order valence-electron chi connectivity index (χ2n) is 7.62. The number of nitrogens with one attached hydrogen (secondary N) is 1. The number of carbonyl (C=O) groups excluding carboxylic acids is 1. The summed E-state index contributed by atoms with van der Waals surface area (Å²) in [4.78, 5) is 16.8. The Morgan fingerprint density at radius 3 is 2.73 bits per heavy atom. The van der Waals surface area contributed by atoms with E-state index in [1.54, 1.807) is 5.38 Å². The summed E-state index contributed by atoms with van der Waals surface area (Å²) in [5.41, 5.74) is 2.04. The third kappa shape index (κ3) is 5.76. The van der Waals surface area contributed by atoms with E-state index >= 15 is 0 Å². The Balaban J connectivity index is 1.60. The third-order valence-electron chi connectivity index (χ3n) is 4.59. The van der Waals surface area contributed by atoms with E-state index < -0.39 is 0 Å². The molecule has 4 rings (SSSR count). The van der Waals surface area contributed by atoms with E-state index in [-0.39, 0.29) is 5.91 Å². The van der Waals surface area contributed by atoms with Crippen LogP contribution in [0.25, 0.3) is 17.1 Å². The molecule has 0 unspecified atom stereocenters. The molecule has 6 nitrogen and oxygen atoms in total. The fourth-order valence-electron chi connectivity index (χ4n) is 3.02. The van der Waals surface area contributed by atoms with Crippen molar-refractivity contribution >= 4 is 52.2 Å². The number of hydrogen-bond donors (Lipinski definition) is 1. The van der Waals surface area contributed by atoms with Crippen LogP contribution in [0.5, 0.6) is 0 Å². The Kier molecular flexibility index (Phi) is 7.70. The van der Waals surface area contributed by atoms with Crippen molar-refractivity contribution in [2.24, 2.45) is 5.92 Å². The van der Waals surface area contributed by atoms with Crippen molar-refractivity contribution in [1.82, 2.24) is 25.1 Å². The van der Waals surface area contributed by atoms with E-state index in [9.17, 15) is 4.79 Å². The Labute approximate surface area is 210 Å². The van der Waals surface area contributed by atoms with Gasteiger partial charge >= 0.3 is 0 Å². The first kappa shape index (κ1) is 23.8. The number of thiazole rings is 1. The Morgan fingerprint density at radius 1 is 1.15 bits per heavy atom. The number of amides is 1. The molecule has 1 N–H and O–H groups in total. The Bertz CT molecular complexity index is 1270. The highest BCUT2D eigenvalue weighted by Crippen LogP contribution is 2.33. The number of carbonyl (C=O) groups is 1. The summed E-state index contributed by atoms with van der Waals surface area (Å²) in [6.07, 6.45) is 0. The minimum atomic E-state index is -0.153. The van der Waals surface area contributed by atoms with Gasteiger partial charge in [0.05, 0.1) is 16.5 Å². The number of hydrogen-bond acceptors (Lipinski definition) is 6. The van der Waals surface area contributed by atoms with Gasteiger partial charge in [0, 0.05) is 22.5 Å². The van der Waals surface area contributed by atoms with Gasteiger partial charge in [-0.25, -0.2) is 4.98 Å². The van der Waals surface area contributed by atoms with Crippen molar-refractivity contribution in [2.45, 2.75) is 24.8 Å². The van der Waals surface area contributed by atoms with Crippen LogP contribution in [0.15, 0.2) is 59.1 Å². The van der Waals surface area contributed by atoms with Gasteiger partial charge in [0.1, 0.15) is 10.7 Å². The summed E-state index contributed by atoms with van der Waals surface area (Å²) in [5.74, 6) is 1.40. The lowest BCUT2D eigenvalue weighted by Crippen LogP contribution is -2.27. The predicted molar refractivity (Wildman–Crippen MR) is 136 cm³/mol. The zero-order valence-corrected chi connectivity index (χ0v) is 21.1. The largest absolute Gasteiger partial charge is 0.350 e. The molecule has 0 atom stereocenters. The SMILES string of the molecule is CC(C)CNC(=O)c1csc(CSc2nnc(-c3ccccc3Cl)n2-c2cccc(Cl)c2)n1. The van der Waals surface area contributed by atoms with E-state index in [1.165, 1.54) is 23.1 Å². The lowest BCUT2D eigenvalue weighted by Gasteiger charge is -2.11. The second kappa shape index (κ2) is 10.7. The molecular formula is C23H21Cl2N5OS2. The normalized spacial score (nSPS) is 11.2. The average molecular weight is 518 g/mol. The summed E-state index contributed by atoms with van der Waals surface area (Å²) in [5, 5.41) is 16.2. The van der Waals surface area contributed by atoms with Crippen molar-refractivity contribution in [2.75, 3.05) is 6.54 Å². The topological polar surface area (TPSA) is 72.7 Å². The predicted octanol–water partition coefficient (Wildman–Crippen LogP) is 6.38. The van der Waals surface area contributed by atoms with Crippen LogP contribution < -0.4 is 5.32 Å². The van der Waals surface area contributed by atoms with Gasteiger partial charge in [-0.05, 0) is 36.2 Å². The molecule has 0 fully saturated rings. The van der Waals surface area contributed by atoms with E-state index in [2.05, 4.69) is 34.3 Å². The minimum absolute atomic E-state index is 0.153. The highest BCUT2D eigenvalue weighted by molar-refractivity contribution is 7.98. The van der Waals surface area contributed by atoms with Crippen LogP contribution in [0.1, 0.15) is 29.3 Å². The van der Waals surface area contributed by atoms with Gasteiger partial charge in [-0.3, -0.25) is 9.36 Å². The lowest BCUT2D eigenvalue weighted by molar-refractivity contribution is 0.0944. The molecule has 0 saturated carbocycles. The fourth-order valence-corrected chi connectivity index (χ4v) is 5.17. The molecule has 2 heterocycles. The first-order valence-corrected chi connectivity index (χ1v) is 12.9. The van der Waals surface area contributed by atoms with Crippen LogP contribution in [-0.4, -0.2) is 32.2 Å². The van der Waals surface area contributed by atoms with Gasteiger partial charge < -0.3 is 5.32 Å². The fraction of sp³-hybridized carbons (Fsp3) is 0.217. The molecule has 0 aliphatic heterocycles. The molecule has 0 aliphatic rings. The van der Waals surface area contributed by atoms with Gasteiger partial charge in [-0.1, -0.05) is 67.0 Å². The number of thioether (sulfide) groups is 1. The molecule has 170 valence electrons. The molecule has 0 spiro atoms. The van der Waals surface area contributed by atoms with Crippen molar-refractivity contribution in [3.05, 3.63) is 74.7 Å². The van der Waals surface area contributed by atoms with E-state index in [0.717, 1.165) is 16.3 Å². The van der Waals surface area contributed by atoms with Crippen LogP contribution >= 0.6 is 46.3 Å². The van der Waals surface area contributed by atoms with Crippen molar-refractivity contribution < 1.29 is 4.79 Å². The first-order chi connectivity index (χ1) is 15.9. The summed E-state index contributed by atoms with van der Waals surface area (Å²) in [6.45, 7) is 4.72. The van der Waals surface area contributed by atoms with Gasteiger partial charge in [0.25, 0.3) is 5.91 Å². The zero-order valence-electron chi connectivity index (χ0n) is 18.0. The molecule has 0 radical (unpaired) electrons. The molecule has 10 heteroatoms. The monoisotopic (exact) mass is 517 g/mol. The number of aromatic nitrogens is 4. The number of halogens is 2. The maximum absolute atomic E-state index is 12.3. The van der Waals surface area contributed by atoms with Gasteiger partial charge in [-0.15, -0.1) is 21.5 Å². The van der Waals surface area contributed by atoms with Crippen LogP contribution in [0, 0.1) is 5.92 Å². The van der Waals surface area contributed by atoms with Crippen molar-refractivity contribution in [1.29, 1.82) is 0 Å². The number of rotatable bonds is 8. The van der Waals surface area contributed by atoms with Crippen LogP contribution in [-0.2, 0) is 5.75 Å². The van der Waals surface area contributed by atoms with Gasteiger partial charge in [-0.2, -0.15) is 0 Å². The van der Waals surface area contributed by atoms with Gasteiger partial charge in [0.15, 0.2) is 11.0 Å². The molecule has 0 aliphatic carbocycles. The van der Waals surface area contributed by atoms with Gasteiger partial charge in [0.2, 0.25) is 0 Å². The minimum Gasteiger partial charge on any atom is -0.350 e. The molecule has 4 aromatic rings. The maximum atomic E-state index is 12.3. The molecule has 33 heavy (non-hydrogen) atoms. The molecule has 0 saturated heterocycles. The molecule has 2 aromatic heterocycles. The Hall–Kier alpha value is -2.39. The molecular weight excluding hydrogens is 497 g/mol. The summed E-state index contributed by atoms with van der Waals surface area (Å²) in [7, 11) is 0. The summed E-state index contributed by atoms with van der Waals surface area (Å²) >= 11 is 15.6. The quantitative estimate of drug-likeness (QED) is 0.274. The van der Waals surface area contributed by atoms with Crippen LogP contribution in [0.4, 0.5) is 0 Å². The number of benzene rings is 2. The molecule has 1 amide bonds. The van der Waals surface area contributed by atoms with E-state index in [1.807, 2.05) is 53.1 Å². The average Bonchev–Trinajstić information content (AvgIpc) is 3.43. The zero-order chi connectivity index (χ0) is 23.4. The lowest BCUT2D eigenvalue weighted by atomic mass is 10.2. The standard InChI is InChI=1S/C23H21Cl2N5OS2/c1-14(2)11-26-22(31)19-12-32-20(27-19)13-33-23-29-28-21(17-8-3-4-9-18(17)25)30(23)16-7-5-6-15(24)10-16/h3-10,12,14H,11,13H2,1-2H3,(H,26,31). The van der Waals surface area contributed by atoms with E-state index in [0.29, 0.717) is 44.9 Å². The highest BCUT2D eigenvalue weighted by Gasteiger charge is 2.19. The first-order valence-electron chi connectivity index (χ1n) is 10.2. The second-order valence-corrected chi connectivity index (χ2v) is 10.3. The molecule has 0 bridgehead atoms. The third-order valence-corrected chi connectivity index (χ3v) is 7.13. The van der Waals surface area contributed by atoms with E-state index in [4.69, 9.17) is 23.2 Å². The van der Waals surface area contributed by atoms with Crippen molar-refractivity contribution in [3.63, 3.8) is 0 Å². The van der Waals surface area contributed by atoms with Crippen LogP contribution in [0.2, 0.25) is 10.0 Å². The maximum Gasteiger partial charge on any atom is 0.270 e. The smallest absolute Gasteiger partial charge is 0.270 e. The highest BCUT2D eigenvalue weighted by atomic mass is 35.5. The van der Waals surface area contributed by atoms with Crippen molar-refractivity contribution in [3.8, 4) is 17.1 Å². The number of nitrogens with zero attached hydrogens (tertiary/aromatic N) is 4.